The van der Waals surface area contributed by atoms with Crippen LogP contribution >= 0.6 is 21.4 Å². The molecule has 3 heterocycles. The zero-order chi connectivity index (χ0) is 85.6. The predicted molar refractivity (Wildman–Crippen MR) is 483 cm³/mol. The van der Waals surface area contributed by atoms with Gasteiger partial charge in [-0.15, -0.1) is 0 Å². The van der Waals surface area contributed by atoms with Gasteiger partial charge in [0.15, 0.2) is 28.8 Å². The Labute approximate surface area is 753 Å². The molecule has 0 saturated heterocycles. The van der Waals surface area contributed by atoms with Crippen LogP contribution in [0.5, 0.6) is 0 Å². The first-order valence-corrected chi connectivity index (χ1v) is 42.0. The molecule has 0 aliphatic heterocycles. The summed E-state index contributed by atoms with van der Waals surface area (Å²) in [5.74, 6) is -0.935. The zero-order valence-electron chi connectivity index (χ0n) is 69.2. The molecule has 31 heteroatoms. The number of aryl methyl sites for hydroxylation is 3. The molecule has 12 aromatic rings. The van der Waals surface area contributed by atoms with Gasteiger partial charge in [-0.1, -0.05) is 171 Å². The number of aromatic nitrogens is 6. The third-order valence-electron chi connectivity index (χ3n) is 19.4. The summed E-state index contributed by atoms with van der Waals surface area (Å²) in [4.78, 5) is 46.5. The molecule has 3 saturated carbocycles. The van der Waals surface area contributed by atoms with Crippen LogP contribution in [-0.2, 0) is 15.8 Å². The van der Waals surface area contributed by atoms with E-state index in [2.05, 4.69) is 78.3 Å². The number of aliphatic hydroxyl groups excluding tert-OH is 1. The summed E-state index contributed by atoms with van der Waals surface area (Å²) in [5.41, 5.74) is 31.4. The molecule has 123 heavy (non-hydrogen) atoms. The van der Waals surface area contributed by atoms with Crippen molar-refractivity contribution in [1.29, 1.82) is 0 Å². The largest absolute Gasteiger partial charge is 1.00 e. The van der Waals surface area contributed by atoms with Crippen LogP contribution in [0.2, 0.25) is 0 Å². The predicted octanol–water partition coefficient (Wildman–Crippen LogP) is 13.8. The third-order valence-corrected chi connectivity index (χ3v) is 19.4. The van der Waals surface area contributed by atoms with Crippen molar-refractivity contribution in [2.45, 2.75) is 91.5 Å². The number of nitrogens with two attached hydrogens (primary N) is 4. The molecule has 3 amide bonds. The van der Waals surface area contributed by atoms with E-state index >= 15 is 13.2 Å². The second-order valence-electron chi connectivity index (χ2n) is 28.8. The minimum Gasteiger partial charge on any atom is -1.00 e. The number of hydrogen-bond donors (Lipinski definition) is 11. The molecule has 15 N–H and O–H groups in total. The van der Waals surface area contributed by atoms with Crippen molar-refractivity contribution in [2.24, 2.45) is 40.7 Å². The molecule has 3 unspecified atom stereocenters. The first kappa shape index (κ1) is 99.4. The molecule has 635 valence electrons. The molecule has 3 fully saturated rings. The van der Waals surface area contributed by atoms with Crippen LogP contribution in [0.15, 0.2) is 237 Å². The van der Waals surface area contributed by atoms with Gasteiger partial charge in [-0.3, -0.25) is 14.4 Å². The molecule has 3 aromatic heterocycles. The molecular formula is C92H102BCl2F3N18NaO5S. The van der Waals surface area contributed by atoms with Crippen LogP contribution in [0, 0.1) is 69.1 Å². The number of benzene rings is 9. The van der Waals surface area contributed by atoms with E-state index in [9.17, 15) is 19.5 Å². The van der Waals surface area contributed by atoms with E-state index in [1.807, 2.05) is 97.9 Å². The molecule has 0 spiro atoms. The third kappa shape index (κ3) is 29.5. The van der Waals surface area contributed by atoms with Gasteiger partial charge >= 0.3 is 29.6 Å². The Bertz CT molecular complexity index is 5520. The second-order valence-corrected chi connectivity index (χ2v) is 31.3. The Morgan fingerprint density at radius 3 is 1.14 bits per heavy atom. The summed E-state index contributed by atoms with van der Waals surface area (Å²) >= 11 is 0. The smallest absolute Gasteiger partial charge is 1.00 e. The first-order valence-electron chi connectivity index (χ1n) is 39.2. The summed E-state index contributed by atoms with van der Waals surface area (Å²) in [6.45, 7) is 25.9. The van der Waals surface area contributed by atoms with E-state index in [1.165, 1.54) is 60.0 Å². The van der Waals surface area contributed by atoms with E-state index in [0.717, 1.165) is 61.0 Å². The van der Waals surface area contributed by atoms with Gasteiger partial charge in [0.1, 0.15) is 23.2 Å². The van der Waals surface area contributed by atoms with Crippen LogP contribution in [0.25, 0.3) is 26.8 Å². The Morgan fingerprint density at radius 2 is 0.813 bits per heavy atom. The average molecular weight is 1730 g/mol. The minimum atomic E-state index is -1.67. The van der Waals surface area contributed by atoms with Gasteiger partial charge < -0.3 is 61.4 Å². The molecule has 9 aromatic carbocycles. The van der Waals surface area contributed by atoms with Crippen LogP contribution in [0.4, 0.5) is 41.6 Å². The normalized spacial score (nSPS) is 12.9. The average Bonchev–Trinajstić information content (AvgIpc) is 1.58. The van der Waals surface area contributed by atoms with Gasteiger partial charge in [0.2, 0.25) is 9.23 Å². The van der Waals surface area contributed by atoms with Gasteiger partial charge in [0.05, 0.1) is 76.4 Å². The van der Waals surface area contributed by atoms with Crippen molar-refractivity contribution in [1.82, 2.24) is 45.3 Å². The van der Waals surface area contributed by atoms with Gasteiger partial charge in [-0.2, -0.15) is 15.3 Å². The first-order chi connectivity index (χ1) is 58.1. The van der Waals surface area contributed by atoms with E-state index < -0.39 is 50.5 Å². The Balaban J connectivity index is 0.000000259. The number of carbonyl (C=O) groups is 3. The summed E-state index contributed by atoms with van der Waals surface area (Å²) in [6.07, 6.45) is 6.39. The molecule has 15 rings (SSSR count). The minimum absolute atomic E-state index is 0. The summed E-state index contributed by atoms with van der Waals surface area (Å²) in [7, 11) is 7.36. The van der Waals surface area contributed by atoms with Crippen LogP contribution in [0.3, 0.4) is 0 Å². The maximum atomic E-state index is 15.9. The summed E-state index contributed by atoms with van der Waals surface area (Å²) < 4.78 is 60.4. The number of rotatable bonds is 27. The van der Waals surface area contributed by atoms with Crippen molar-refractivity contribution in [2.75, 3.05) is 61.8 Å². The Kier molecular flexibility index (Phi) is 40.5. The standard InChI is InChI=1S/C29H26FN5O.C29H30FN5O.C25H19FN4O2.C4H13N3.C4H9N.CH4.B.Cl2OS.Na.H/c1-19-16-26(35(34-19)23-11-6-10-22(17-23)31-2)29(36)33-25-13-7-12-24(27(25)30)28(32-18-20-14-15-20)21-8-4-3-5-9-21;1-19-15-26(35(34-19)23-10-5-7-21(16-23)17-31)29(36)33-25-12-6-11-24(27(25)30)28(32-18-20-13-14-20)22-8-3-2-4-9-22;1-16-14-22(30(29-16)19-11-6-10-18(15-19)27-2)25(32)28-21-13-7-12-20(23(21)26)24(31)17-8-4-3-5-9-17;5-1-3-7-4-2-6;5-3-4-1-2-4;;;1-4(2)3;;/h3-13,16-17,20,28,32H,14-15,18H2,1H3,(H,33,36);2-12,15-16,20,28,32H,13-14,17-18,31H2,1H3,(H,33,36);3-15,24,31H,1H3,(H,28,32);7H,1-6H2;4H,1-3,5H2;1H4;;;;/q;;;;;;;;+1;-1. The number of nitrogens with one attached hydrogen (secondary N) is 6. The van der Waals surface area contributed by atoms with E-state index in [1.54, 1.807) is 152 Å². The Morgan fingerprint density at radius 1 is 0.488 bits per heavy atom. The van der Waals surface area contributed by atoms with Gasteiger partial charge in [0.25, 0.3) is 17.7 Å². The number of amides is 3. The van der Waals surface area contributed by atoms with E-state index in [0.29, 0.717) is 93.7 Å². The number of halogens is 5. The van der Waals surface area contributed by atoms with Crippen molar-refractivity contribution in [3.8, 4) is 17.1 Å². The molecule has 3 aliphatic rings. The molecule has 23 nitrogen and oxygen atoms in total. The number of aliphatic hydroxyl groups is 1. The van der Waals surface area contributed by atoms with Crippen molar-refractivity contribution >= 4 is 85.2 Å². The van der Waals surface area contributed by atoms with Crippen molar-refractivity contribution in [3.63, 3.8) is 0 Å². The van der Waals surface area contributed by atoms with E-state index in [4.69, 9.17) is 40.3 Å². The molecule has 3 atom stereocenters. The molecule has 0 bridgehead atoms. The Hall–Kier alpha value is -10.7. The maximum absolute atomic E-state index is 15.9. The number of hydrogen-bond acceptors (Lipinski definition) is 15. The molecule has 3 aliphatic carbocycles. The van der Waals surface area contributed by atoms with Gasteiger partial charge in [-0.25, -0.2) is 41.1 Å². The molecule has 3 radical (unpaired) electrons. The fourth-order valence-corrected chi connectivity index (χ4v) is 12.7. The number of anilines is 3. The van der Waals surface area contributed by atoms with Crippen LogP contribution < -0.4 is 84.4 Å². The van der Waals surface area contributed by atoms with Crippen molar-refractivity contribution < 1.29 is 67.9 Å². The quantitative estimate of drug-likeness (QED) is 0.00986. The maximum Gasteiger partial charge on any atom is 1.00 e. The number of carbonyl (C=O) groups excluding carboxylic acids is 3. The number of nitrogens with zero attached hydrogens (tertiary/aromatic N) is 8. The van der Waals surface area contributed by atoms with Gasteiger partial charge in [-0.05, 0) is 192 Å². The zero-order valence-corrected chi connectivity index (χ0v) is 72.6. The fraction of sp³-hybridized carbons (Fsp3) is 0.261. The topological polar surface area (TPSA) is 327 Å². The van der Waals surface area contributed by atoms with E-state index in [-0.39, 0.29) is 92.9 Å². The summed E-state index contributed by atoms with van der Waals surface area (Å²) in [6, 6.07) is 68.4. The second kappa shape index (κ2) is 50.1. The van der Waals surface area contributed by atoms with Crippen molar-refractivity contribution in [3.05, 3.63) is 350 Å². The fourth-order valence-electron chi connectivity index (χ4n) is 12.7. The van der Waals surface area contributed by atoms with Crippen LogP contribution in [-0.4, -0.2) is 111 Å². The SMILES string of the molecule is C.Cc1cc(C(=O)Nc2cccc(C(NCC3CC3)c3ccccc3)c2F)n(-c2cccc(CN)c2)n1.NCC1CC1.NCCNCCN.O=S(Cl)Cl.[B].[C-]#[N+]c1cccc(-n2nc(C)cc2C(=O)Nc2cccc(C(NCC3CC3)c3ccccc3)c2F)c1.[C-]#[N+]c1cccc(-n2nc(C)cc2C(=O)Nc2cccc(C(O)c3ccccc3)c2F)c1.[H-].[Na+]. The monoisotopic (exact) mass is 1730 g/mol. The van der Waals surface area contributed by atoms with Crippen LogP contribution in [0.1, 0.15) is 153 Å². The van der Waals surface area contributed by atoms with Gasteiger partial charge in [0, 0.05) is 79.2 Å². The summed E-state index contributed by atoms with van der Waals surface area (Å²) in [5, 5.41) is 42.0. The molecular weight excluding hydrogens is 1630 g/mol.